The summed E-state index contributed by atoms with van der Waals surface area (Å²) < 4.78 is 13.9. The number of carbonyl (C=O) groups excluding carboxylic acids is 1. The smallest absolute Gasteiger partial charge is 0.254 e. The Labute approximate surface area is 159 Å². The minimum Gasteiger partial charge on any atom is -0.368 e. The molecular formula is C22H24FN3O. The van der Waals surface area contributed by atoms with E-state index in [4.69, 9.17) is 0 Å². The summed E-state index contributed by atoms with van der Waals surface area (Å²) in [5.74, 6) is -0.204. The van der Waals surface area contributed by atoms with E-state index in [9.17, 15) is 9.18 Å². The Kier molecular flexibility index (Phi) is 4.94. The number of likely N-dealkylation sites (N-methyl/N-ethyl adjacent to an activating group) is 1. The number of nitrogens with zero attached hydrogens (tertiary/aromatic N) is 3. The Bertz CT molecular complexity index is 857. The van der Waals surface area contributed by atoms with Crippen molar-refractivity contribution >= 4 is 23.4 Å². The second kappa shape index (κ2) is 7.53. The first-order valence-corrected chi connectivity index (χ1v) is 9.42. The minimum atomic E-state index is -0.241. The van der Waals surface area contributed by atoms with E-state index in [0.717, 1.165) is 48.7 Å². The van der Waals surface area contributed by atoms with Crippen LogP contribution in [-0.4, -0.2) is 50.6 Å². The molecule has 4 rings (SSSR count). The van der Waals surface area contributed by atoms with E-state index in [1.807, 2.05) is 41.3 Å². The average molecular weight is 365 g/mol. The maximum Gasteiger partial charge on any atom is 0.254 e. The van der Waals surface area contributed by atoms with Crippen LogP contribution < -0.4 is 9.80 Å². The number of anilines is 2. The van der Waals surface area contributed by atoms with E-state index in [2.05, 4.69) is 16.8 Å². The van der Waals surface area contributed by atoms with Gasteiger partial charge in [0.2, 0.25) is 0 Å². The number of piperazine rings is 1. The monoisotopic (exact) mass is 365 g/mol. The highest BCUT2D eigenvalue weighted by Gasteiger charge is 2.27. The van der Waals surface area contributed by atoms with E-state index < -0.39 is 0 Å². The van der Waals surface area contributed by atoms with Crippen molar-refractivity contribution in [3.8, 4) is 0 Å². The topological polar surface area (TPSA) is 26.8 Å². The molecule has 0 saturated carbocycles. The fraction of sp³-hybridized carbons (Fsp3) is 0.318. The van der Waals surface area contributed by atoms with Crippen LogP contribution in [0.2, 0.25) is 0 Å². The summed E-state index contributed by atoms with van der Waals surface area (Å²) >= 11 is 0. The maximum atomic E-state index is 13.9. The lowest BCUT2D eigenvalue weighted by Gasteiger charge is -2.35. The molecule has 4 nitrogen and oxygen atoms in total. The number of rotatable bonds is 3. The third-order valence-electron chi connectivity index (χ3n) is 5.36. The van der Waals surface area contributed by atoms with Gasteiger partial charge in [-0.3, -0.25) is 4.79 Å². The zero-order valence-electron chi connectivity index (χ0n) is 15.6. The van der Waals surface area contributed by atoms with Gasteiger partial charge in [0, 0.05) is 49.7 Å². The Morgan fingerprint density at radius 3 is 2.44 bits per heavy atom. The van der Waals surface area contributed by atoms with Crippen LogP contribution >= 0.6 is 0 Å². The molecule has 0 aliphatic carbocycles. The van der Waals surface area contributed by atoms with Crippen molar-refractivity contribution in [2.75, 3.05) is 49.6 Å². The highest BCUT2D eigenvalue weighted by Crippen LogP contribution is 2.30. The van der Waals surface area contributed by atoms with Crippen molar-refractivity contribution in [3.63, 3.8) is 0 Å². The first-order chi connectivity index (χ1) is 13.1. The molecule has 2 fully saturated rings. The molecule has 0 spiro atoms. The predicted octanol–water partition coefficient (Wildman–Crippen LogP) is 3.40. The highest BCUT2D eigenvalue weighted by atomic mass is 19.1. The molecule has 2 aliphatic heterocycles. The van der Waals surface area contributed by atoms with Crippen LogP contribution in [0.3, 0.4) is 0 Å². The van der Waals surface area contributed by atoms with E-state index >= 15 is 0 Å². The molecule has 2 heterocycles. The third kappa shape index (κ3) is 3.74. The van der Waals surface area contributed by atoms with Gasteiger partial charge in [-0.1, -0.05) is 18.2 Å². The molecule has 5 heteroatoms. The van der Waals surface area contributed by atoms with Crippen LogP contribution in [0.15, 0.2) is 54.1 Å². The average Bonchev–Trinajstić information content (AvgIpc) is 3.05. The highest BCUT2D eigenvalue weighted by molar-refractivity contribution is 6.11. The van der Waals surface area contributed by atoms with Gasteiger partial charge in [-0.25, -0.2) is 4.39 Å². The van der Waals surface area contributed by atoms with Crippen LogP contribution in [0, 0.1) is 5.82 Å². The fourth-order valence-corrected chi connectivity index (χ4v) is 3.75. The number of hydrogen-bond acceptors (Lipinski definition) is 3. The second-order valence-corrected chi connectivity index (χ2v) is 7.21. The van der Waals surface area contributed by atoms with Crippen molar-refractivity contribution in [1.82, 2.24) is 4.90 Å². The largest absolute Gasteiger partial charge is 0.368 e. The van der Waals surface area contributed by atoms with Gasteiger partial charge in [-0.15, -0.1) is 0 Å². The zero-order chi connectivity index (χ0) is 18.8. The first kappa shape index (κ1) is 17.7. The molecular weight excluding hydrogens is 341 g/mol. The lowest BCUT2D eigenvalue weighted by atomic mass is 10.1. The van der Waals surface area contributed by atoms with Crippen LogP contribution in [0.5, 0.6) is 0 Å². The molecule has 27 heavy (non-hydrogen) atoms. The summed E-state index contributed by atoms with van der Waals surface area (Å²) in [6.45, 7) is 4.31. The van der Waals surface area contributed by atoms with Crippen LogP contribution in [-0.2, 0) is 4.79 Å². The molecule has 0 N–H and O–H groups in total. The molecule has 2 saturated heterocycles. The molecule has 1 amide bonds. The summed E-state index contributed by atoms with van der Waals surface area (Å²) in [6.07, 6.45) is 2.64. The standard InChI is InChI=1S/C22H24FN3O/c1-24-11-13-25(14-12-24)21-16-19(23)8-7-17(21)15-18-9-10-26(22(18)27)20-5-3-2-4-6-20/h2-8,15-16H,9-14H2,1H3. The minimum absolute atomic E-state index is 0.0369. The normalized spacial score (nSPS) is 19.9. The SMILES string of the molecule is CN1CCN(c2cc(F)ccc2C=C2CCN(c3ccccc3)C2=O)CC1. The summed E-state index contributed by atoms with van der Waals surface area (Å²) in [5, 5.41) is 0. The summed E-state index contributed by atoms with van der Waals surface area (Å²) in [4.78, 5) is 19.2. The Morgan fingerprint density at radius 2 is 1.70 bits per heavy atom. The number of halogens is 1. The van der Waals surface area contributed by atoms with E-state index in [1.165, 1.54) is 6.07 Å². The molecule has 0 bridgehead atoms. The van der Waals surface area contributed by atoms with Gasteiger partial charge in [0.1, 0.15) is 5.82 Å². The number of amides is 1. The van der Waals surface area contributed by atoms with E-state index in [-0.39, 0.29) is 11.7 Å². The molecule has 0 radical (unpaired) electrons. The van der Waals surface area contributed by atoms with Gasteiger partial charge in [0.25, 0.3) is 5.91 Å². The van der Waals surface area contributed by atoms with Crippen LogP contribution in [0.25, 0.3) is 6.08 Å². The van der Waals surface area contributed by atoms with Gasteiger partial charge in [-0.2, -0.15) is 0 Å². The maximum absolute atomic E-state index is 13.9. The molecule has 2 aromatic rings. The molecule has 140 valence electrons. The Balaban J connectivity index is 1.61. The zero-order valence-corrected chi connectivity index (χ0v) is 15.6. The van der Waals surface area contributed by atoms with Crippen molar-refractivity contribution < 1.29 is 9.18 Å². The Morgan fingerprint density at radius 1 is 0.963 bits per heavy atom. The molecule has 2 aliphatic rings. The molecule has 2 aromatic carbocycles. The van der Waals surface area contributed by atoms with Crippen molar-refractivity contribution in [1.29, 1.82) is 0 Å². The number of hydrogen-bond donors (Lipinski definition) is 0. The van der Waals surface area contributed by atoms with Crippen molar-refractivity contribution in [2.45, 2.75) is 6.42 Å². The first-order valence-electron chi connectivity index (χ1n) is 9.42. The molecule has 0 unspecified atom stereocenters. The number of benzene rings is 2. The second-order valence-electron chi connectivity index (χ2n) is 7.21. The third-order valence-corrected chi connectivity index (χ3v) is 5.36. The van der Waals surface area contributed by atoms with Gasteiger partial charge in [0.15, 0.2) is 0 Å². The van der Waals surface area contributed by atoms with Crippen LogP contribution in [0.1, 0.15) is 12.0 Å². The quantitative estimate of drug-likeness (QED) is 0.780. The summed E-state index contributed by atoms with van der Waals surface area (Å²) in [7, 11) is 2.10. The lowest BCUT2D eigenvalue weighted by molar-refractivity contribution is -0.114. The van der Waals surface area contributed by atoms with Crippen molar-refractivity contribution in [2.24, 2.45) is 0 Å². The van der Waals surface area contributed by atoms with Gasteiger partial charge < -0.3 is 14.7 Å². The number of para-hydroxylation sites is 1. The summed E-state index contributed by atoms with van der Waals surface area (Å²) in [6, 6.07) is 14.6. The fourth-order valence-electron chi connectivity index (χ4n) is 3.75. The van der Waals surface area contributed by atoms with Crippen molar-refractivity contribution in [3.05, 3.63) is 65.5 Å². The van der Waals surface area contributed by atoms with E-state index in [0.29, 0.717) is 13.0 Å². The number of carbonyl (C=O) groups is 1. The van der Waals surface area contributed by atoms with Crippen LogP contribution in [0.4, 0.5) is 15.8 Å². The summed E-state index contributed by atoms with van der Waals surface area (Å²) in [5.41, 5.74) is 3.49. The van der Waals surface area contributed by atoms with Gasteiger partial charge in [-0.05, 0) is 55.4 Å². The van der Waals surface area contributed by atoms with E-state index in [1.54, 1.807) is 12.1 Å². The lowest BCUT2D eigenvalue weighted by Crippen LogP contribution is -2.44. The molecule has 0 atom stereocenters. The molecule has 0 aromatic heterocycles. The van der Waals surface area contributed by atoms with Gasteiger partial charge >= 0.3 is 0 Å². The van der Waals surface area contributed by atoms with Gasteiger partial charge in [0.05, 0.1) is 0 Å². The Hall–Kier alpha value is -2.66. The predicted molar refractivity (Wildman–Crippen MR) is 107 cm³/mol.